The molecular weight excluding hydrogens is 817 g/mol. The molecule has 0 radical (unpaired) electrons. The van der Waals surface area contributed by atoms with E-state index in [-0.39, 0.29) is 11.1 Å². The average molecular weight is 876 g/mol. The van der Waals surface area contributed by atoms with Gasteiger partial charge in [0, 0.05) is 40.0 Å². The third kappa shape index (κ3) is 10.1. The van der Waals surface area contributed by atoms with Crippen LogP contribution in [0.3, 0.4) is 0 Å². The lowest BCUT2D eigenvalue weighted by atomic mass is 10.0. The van der Waals surface area contributed by atoms with E-state index in [0.717, 1.165) is 59.1 Å². The third-order valence-corrected chi connectivity index (χ3v) is 16.0. The number of benzene rings is 2. The molecule has 5 nitrogen and oxygen atoms in total. The number of nitrogens with zero attached hydrogens (tertiary/aromatic N) is 3. The Hall–Kier alpha value is -3.38. The fourth-order valence-electron chi connectivity index (χ4n) is 8.34. The normalized spacial score (nSPS) is 11.9. The number of ether oxygens (including phenoxy) is 2. The maximum Gasteiger partial charge on any atom is 0.170 e. The molecule has 0 aliphatic heterocycles. The van der Waals surface area contributed by atoms with E-state index in [0.29, 0.717) is 27.3 Å². The standard InChI is InChI=1S/C48H59F2N3O2S4/c1-6-7-8-9-10-11-12-13-14-15-16-17-18-19-20-21-22-23-28-53-51-43-39(36-25-24-31(2)56-36)41(49)42(50)40(44(43)52-53)37-27-26-35(58-37)38-30-34-46(55-5)47-33(29-32(3)57-47)45(54-4)48(34)59-38/h24-27,29-30H,6-23,28H2,1-5H3. The summed E-state index contributed by atoms with van der Waals surface area (Å²) < 4.78 is 46.7. The fraction of sp³-hybridized carbons (Fsp3) is 0.500. The molecule has 7 aromatic rings. The number of aromatic nitrogens is 3. The molecule has 2 aromatic carbocycles. The summed E-state index contributed by atoms with van der Waals surface area (Å²) in [5.41, 5.74) is 1.17. The van der Waals surface area contributed by atoms with Crippen LogP contribution in [0, 0.1) is 25.5 Å². The van der Waals surface area contributed by atoms with Crippen LogP contribution in [0.5, 0.6) is 11.5 Å². The van der Waals surface area contributed by atoms with Gasteiger partial charge in [-0.3, -0.25) is 0 Å². The average Bonchev–Trinajstić information content (AvgIpc) is 4.08. The van der Waals surface area contributed by atoms with E-state index >= 15 is 8.78 Å². The molecule has 0 aliphatic carbocycles. The van der Waals surface area contributed by atoms with Crippen molar-refractivity contribution in [1.29, 1.82) is 0 Å². The third-order valence-electron chi connectivity index (χ3n) is 11.5. The second-order valence-corrected chi connectivity index (χ2v) is 20.7. The van der Waals surface area contributed by atoms with Crippen LogP contribution < -0.4 is 9.47 Å². The number of thiophene rings is 4. The number of methoxy groups -OCH3 is 2. The molecule has 0 aliphatic rings. The summed E-state index contributed by atoms with van der Waals surface area (Å²) in [5.74, 6) is -0.110. The summed E-state index contributed by atoms with van der Waals surface area (Å²) in [6, 6.07) is 11.9. The number of hydrogen-bond acceptors (Lipinski definition) is 8. The number of unbranched alkanes of at least 4 members (excludes halogenated alkanes) is 17. The highest BCUT2D eigenvalue weighted by molar-refractivity contribution is 7.27. The minimum absolute atomic E-state index is 0.169. The van der Waals surface area contributed by atoms with Crippen molar-refractivity contribution in [2.24, 2.45) is 0 Å². The first kappa shape index (κ1) is 43.7. The Morgan fingerprint density at radius 2 is 0.966 bits per heavy atom. The van der Waals surface area contributed by atoms with Crippen LogP contribution in [-0.2, 0) is 6.54 Å². The van der Waals surface area contributed by atoms with Gasteiger partial charge >= 0.3 is 0 Å². The van der Waals surface area contributed by atoms with Gasteiger partial charge in [-0.05, 0) is 56.7 Å². The van der Waals surface area contributed by atoms with E-state index in [1.54, 1.807) is 41.7 Å². The smallest absolute Gasteiger partial charge is 0.170 e. The molecule has 0 saturated heterocycles. The van der Waals surface area contributed by atoms with Crippen molar-refractivity contribution >= 4 is 76.6 Å². The summed E-state index contributed by atoms with van der Waals surface area (Å²) in [7, 11) is 3.41. The lowest BCUT2D eigenvalue weighted by Gasteiger charge is -2.08. The number of rotatable bonds is 24. The first-order valence-electron chi connectivity index (χ1n) is 21.8. The van der Waals surface area contributed by atoms with Crippen LogP contribution in [0.15, 0.2) is 36.4 Å². The predicted octanol–water partition coefficient (Wildman–Crippen LogP) is 16.9. The molecule has 316 valence electrons. The van der Waals surface area contributed by atoms with Gasteiger partial charge in [0.25, 0.3) is 0 Å². The minimum Gasteiger partial charge on any atom is -0.495 e. The SMILES string of the molecule is CCCCCCCCCCCCCCCCCCCCn1nc2c(-c3ccc(C)s3)c(F)c(F)c(-c3ccc(-c4cc5c(OC)c6sc(C)cc6c(OC)c5s4)s3)c2n1. The molecule has 11 heteroatoms. The van der Waals surface area contributed by atoms with Crippen molar-refractivity contribution in [1.82, 2.24) is 15.0 Å². The van der Waals surface area contributed by atoms with Gasteiger partial charge in [-0.25, -0.2) is 8.78 Å². The Morgan fingerprint density at radius 3 is 1.47 bits per heavy atom. The van der Waals surface area contributed by atoms with Crippen LogP contribution in [0.1, 0.15) is 132 Å². The maximum atomic E-state index is 16.5. The van der Waals surface area contributed by atoms with Gasteiger partial charge < -0.3 is 9.47 Å². The van der Waals surface area contributed by atoms with Crippen molar-refractivity contribution in [2.45, 2.75) is 143 Å². The zero-order valence-electron chi connectivity index (χ0n) is 35.4. The lowest BCUT2D eigenvalue weighted by molar-refractivity contribution is 0.419. The van der Waals surface area contributed by atoms with Crippen LogP contribution in [-0.4, -0.2) is 29.2 Å². The Bertz CT molecular complexity index is 2400. The van der Waals surface area contributed by atoms with E-state index in [1.807, 2.05) is 31.2 Å². The van der Waals surface area contributed by atoms with Gasteiger partial charge in [-0.15, -0.1) is 45.3 Å². The first-order valence-corrected chi connectivity index (χ1v) is 25.1. The molecule has 59 heavy (non-hydrogen) atoms. The lowest BCUT2D eigenvalue weighted by Crippen LogP contribution is -2.02. The molecule has 5 aromatic heterocycles. The van der Waals surface area contributed by atoms with Crippen molar-refractivity contribution in [3.05, 3.63) is 57.8 Å². The number of halogens is 2. The van der Waals surface area contributed by atoms with Crippen LogP contribution in [0.2, 0.25) is 0 Å². The van der Waals surface area contributed by atoms with Crippen molar-refractivity contribution < 1.29 is 18.3 Å². The Balaban J connectivity index is 1.00. The Kier molecular flexibility index (Phi) is 15.5. The molecule has 0 unspecified atom stereocenters. The van der Waals surface area contributed by atoms with Gasteiger partial charge in [-0.1, -0.05) is 116 Å². The second-order valence-electron chi connectivity index (χ2n) is 16.0. The van der Waals surface area contributed by atoms with Crippen molar-refractivity contribution in [3.8, 4) is 42.1 Å². The Labute approximate surface area is 364 Å². The van der Waals surface area contributed by atoms with E-state index < -0.39 is 11.6 Å². The molecule has 5 heterocycles. The molecule has 0 amide bonds. The fourth-order valence-corrected chi connectivity index (χ4v) is 12.6. The van der Waals surface area contributed by atoms with Gasteiger partial charge in [0.1, 0.15) is 22.5 Å². The summed E-state index contributed by atoms with van der Waals surface area (Å²) in [4.78, 5) is 7.10. The van der Waals surface area contributed by atoms with Gasteiger partial charge in [-0.2, -0.15) is 15.0 Å². The summed E-state index contributed by atoms with van der Waals surface area (Å²) in [6.45, 7) is 6.95. The highest BCUT2D eigenvalue weighted by Gasteiger charge is 2.28. The zero-order valence-corrected chi connectivity index (χ0v) is 38.7. The second kappa shape index (κ2) is 20.9. The monoisotopic (exact) mass is 875 g/mol. The number of hydrogen-bond donors (Lipinski definition) is 0. The van der Waals surface area contributed by atoms with Gasteiger partial charge in [0.05, 0.1) is 41.3 Å². The minimum atomic E-state index is -0.887. The van der Waals surface area contributed by atoms with Crippen LogP contribution >= 0.6 is 45.3 Å². The highest BCUT2D eigenvalue weighted by atomic mass is 32.1. The molecule has 0 fully saturated rings. The van der Waals surface area contributed by atoms with Crippen LogP contribution in [0.4, 0.5) is 8.78 Å². The van der Waals surface area contributed by atoms with E-state index in [2.05, 4.69) is 26.0 Å². The Morgan fingerprint density at radius 1 is 0.508 bits per heavy atom. The molecule has 0 N–H and O–H groups in total. The molecule has 0 saturated carbocycles. The number of aryl methyl sites for hydroxylation is 3. The molecule has 7 rings (SSSR count). The molecule has 0 spiro atoms. The quantitative estimate of drug-likeness (QED) is 0.0568. The molecule has 0 bridgehead atoms. The van der Waals surface area contributed by atoms with E-state index in [9.17, 15) is 0 Å². The van der Waals surface area contributed by atoms with E-state index in [4.69, 9.17) is 19.7 Å². The van der Waals surface area contributed by atoms with Crippen molar-refractivity contribution in [2.75, 3.05) is 14.2 Å². The number of fused-ring (bicyclic) bond motifs is 3. The summed E-state index contributed by atoms with van der Waals surface area (Å²) in [6.07, 6.45) is 23.7. The van der Waals surface area contributed by atoms with Crippen LogP contribution in [0.25, 0.3) is 61.8 Å². The van der Waals surface area contributed by atoms with Gasteiger partial charge in [0.15, 0.2) is 11.6 Å². The molecular formula is C48H59F2N3O2S4. The molecule has 0 atom stereocenters. The topological polar surface area (TPSA) is 49.2 Å². The first-order chi connectivity index (χ1) is 28.8. The maximum absolute atomic E-state index is 16.5. The van der Waals surface area contributed by atoms with E-state index in [1.165, 1.54) is 130 Å². The predicted molar refractivity (Wildman–Crippen MR) is 252 cm³/mol. The summed E-state index contributed by atoms with van der Waals surface area (Å²) >= 11 is 6.18. The zero-order chi connectivity index (χ0) is 41.3. The summed E-state index contributed by atoms with van der Waals surface area (Å²) in [5, 5.41) is 11.7. The van der Waals surface area contributed by atoms with Gasteiger partial charge in [0.2, 0.25) is 0 Å². The highest BCUT2D eigenvalue weighted by Crippen LogP contribution is 2.52. The largest absolute Gasteiger partial charge is 0.495 e. The van der Waals surface area contributed by atoms with Crippen molar-refractivity contribution in [3.63, 3.8) is 0 Å².